The number of pyridine rings is 1. The van der Waals surface area contributed by atoms with E-state index in [1.54, 1.807) is 4.52 Å². The molecule has 118 valence electrons. The van der Waals surface area contributed by atoms with Gasteiger partial charge in [0.2, 0.25) is 5.65 Å². The van der Waals surface area contributed by atoms with Crippen molar-refractivity contribution in [1.29, 1.82) is 0 Å². The molecule has 0 aliphatic heterocycles. The number of fused-ring (bicyclic) bond motifs is 1. The highest BCUT2D eigenvalue weighted by molar-refractivity contribution is 5.66. The lowest BCUT2D eigenvalue weighted by atomic mass is 10.2. The van der Waals surface area contributed by atoms with Crippen LogP contribution in [0.2, 0.25) is 0 Å². The van der Waals surface area contributed by atoms with Crippen LogP contribution in [-0.2, 0) is 11.3 Å². The molecule has 3 aromatic rings. The molecule has 0 radical (unpaired) electrons. The van der Waals surface area contributed by atoms with Crippen LogP contribution >= 0.6 is 0 Å². The molecule has 9 nitrogen and oxygen atoms in total. The van der Waals surface area contributed by atoms with Crippen molar-refractivity contribution in [2.75, 3.05) is 19.0 Å². The van der Waals surface area contributed by atoms with Gasteiger partial charge in [0.25, 0.3) is 0 Å². The van der Waals surface area contributed by atoms with Crippen molar-refractivity contribution in [3.8, 4) is 11.4 Å². The number of nitrogens with zero attached hydrogens (tertiary/aromatic N) is 7. The van der Waals surface area contributed by atoms with Gasteiger partial charge in [0, 0.05) is 31.8 Å². The van der Waals surface area contributed by atoms with Crippen LogP contribution in [0.3, 0.4) is 0 Å². The molecule has 3 heterocycles. The van der Waals surface area contributed by atoms with Crippen LogP contribution in [0.4, 0.5) is 5.82 Å². The Balaban J connectivity index is 1.95. The zero-order chi connectivity index (χ0) is 16.4. The molecule has 1 N–H and O–H groups in total. The highest BCUT2D eigenvalue weighted by Gasteiger charge is 2.14. The van der Waals surface area contributed by atoms with Gasteiger partial charge < -0.3 is 10.0 Å². The third-order valence-electron chi connectivity index (χ3n) is 3.30. The zero-order valence-electron chi connectivity index (χ0n) is 12.8. The van der Waals surface area contributed by atoms with E-state index in [9.17, 15) is 4.79 Å². The molecule has 23 heavy (non-hydrogen) atoms. The summed E-state index contributed by atoms with van der Waals surface area (Å²) in [5.41, 5.74) is 1.42. The van der Waals surface area contributed by atoms with Crippen LogP contribution in [-0.4, -0.2) is 50.0 Å². The van der Waals surface area contributed by atoms with Crippen molar-refractivity contribution in [3.05, 3.63) is 30.9 Å². The molecular formula is C14H16N7O2+. The fraction of sp³-hybridized carbons (Fsp3) is 0.286. The van der Waals surface area contributed by atoms with Gasteiger partial charge in [-0.3, -0.25) is 4.79 Å². The van der Waals surface area contributed by atoms with E-state index in [0.29, 0.717) is 23.8 Å². The fourth-order valence-electron chi connectivity index (χ4n) is 2.13. The van der Waals surface area contributed by atoms with Gasteiger partial charge in [0.15, 0.2) is 30.6 Å². The average molecular weight is 314 g/mol. The van der Waals surface area contributed by atoms with Crippen LogP contribution in [0.25, 0.3) is 17.0 Å². The van der Waals surface area contributed by atoms with Gasteiger partial charge in [0.1, 0.15) is 12.7 Å². The molecule has 0 bridgehead atoms. The molecule has 0 aliphatic rings. The Hall–Kier alpha value is -3.10. The Labute approximate surface area is 131 Å². The van der Waals surface area contributed by atoms with Crippen molar-refractivity contribution in [2.24, 2.45) is 0 Å². The number of aromatic nitrogens is 6. The number of carbonyl (C=O) groups is 1. The van der Waals surface area contributed by atoms with E-state index in [4.69, 9.17) is 5.11 Å². The van der Waals surface area contributed by atoms with Crippen LogP contribution in [0, 0.1) is 0 Å². The number of hydrogen-bond donors (Lipinski definition) is 1. The molecule has 9 heteroatoms. The lowest BCUT2D eigenvalue weighted by molar-refractivity contribution is -0.695. The van der Waals surface area contributed by atoms with E-state index in [-0.39, 0.29) is 6.42 Å². The molecule has 0 aliphatic carbocycles. The average Bonchev–Trinajstić information content (AvgIpc) is 3.00. The van der Waals surface area contributed by atoms with Gasteiger partial charge in [-0.1, -0.05) is 0 Å². The molecule has 0 spiro atoms. The minimum atomic E-state index is -0.821. The number of aliphatic carboxylic acids is 1. The molecular weight excluding hydrogens is 298 g/mol. The topological polar surface area (TPSA) is 100 Å². The van der Waals surface area contributed by atoms with E-state index in [2.05, 4.69) is 20.3 Å². The summed E-state index contributed by atoms with van der Waals surface area (Å²) in [4.78, 5) is 17.0. The normalized spacial score (nSPS) is 10.9. The highest BCUT2D eigenvalue weighted by atomic mass is 16.4. The Morgan fingerprint density at radius 2 is 2.09 bits per heavy atom. The van der Waals surface area contributed by atoms with Gasteiger partial charge in [0.05, 0.1) is 0 Å². The minimum Gasteiger partial charge on any atom is -0.481 e. The van der Waals surface area contributed by atoms with Crippen molar-refractivity contribution < 1.29 is 14.5 Å². The fourth-order valence-corrected chi connectivity index (χ4v) is 2.13. The largest absolute Gasteiger partial charge is 0.481 e. The Morgan fingerprint density at radius 1 is 1.35 bits per heavy atom. The molecule has 0 saturated heterocycles. The van der Waals surface area contributed by atoms with Crippen molar-refractivity contribution in [1.82, 2.24) is 24.8 Å². The van der Waals surface area contributed by atoms with Crippen LogP contribution in [0.1, 0.15) is 6.42 Å². The molecule has 0 saturated carbocycles. The summed E-state index contributed by atoms with van der Waals surface area (Å²) < 4.78 is 3.39. The van der Waals surface area contributed by atoms with Gasteiger partial charge in [-0.2, -0.15) is 4.52 Å². The first kappa shape index (κ1) is 14.8. The maximum absolute atomic E-state index is 10.6. The monoisotopic (exact) mass is 314 g/mol. The number of aryl methyl sites for hydroxylation is 1. The van der Waals surface area contributed by atoms with Crippen LogP contribution in [0.15, 0.2) is 30.9 Å². The summed E-state index contributed by atoms with van der Waals surface area (Å²) >= 11 is 0. The predicted molar refractivity (Wildman–Crippen MR) is 80.8 cm³/mol. The first-order chi connectivity index (χ1) is 11.0. The molecule has 0 amide bonds. The summed E-state index contributed by atoms with van der Waals surface area (Å²) in [6, 6.07) is 3.71. The second kappa shape index (κ2) is 5.95. The quantitative estimate of drug-likeness (QED) is 0.662. The summed E-state index contributed by atoms with van der Waals surface area (Å²) in [5.74, 6) is 0.403. The van der Waals surface area contributed by atoms with Gasteiger partial charge in [-0.15, -0.1) is 15.3 Å². The molecule has 0 atom stereocenters. The maximum Gasteiger partial charge on any atom is 0.309 e. The number of carboxylic acid groups (broad SMARTS) is 1. The first-order valence-corrected chi connectivity index (χ1v) is 7.01. The summed E-state index contributed by atoms with van der Waals surface area (Å²) in [7, 11) is 3.76. The van der Waals surface area contributed by atoms with E-state index in [1.165, 1.54) is 6.33 Å². The standard InChI is InChI=1S/C14H15N7O2/c1-19(2)13-14-17-15-9-21(14)18-12(16-13)10-3-6-20(7-4-10)8-5-11(22)23/h3-4,6-7,9H,5,8H2,1-2H3/p+1. The van der Waals surface area contributed by atoms with Crippen molar-refractivity contribution >= 4 is 17.4 Å². The van der Waals surface area contributed by atoms with Crippen LogP contribution < -0.4 is 9.47 Å². The Kier molecular flexibility index (Phi) is 3.83. The van der Waals surface area contributed by atoms with E-state index >= 15 is 0 Å². The summed E-state index contributed by atoms with van der Waals surface area (Å²) in [5, 5.41) is 21.0. The second-order valence-electron chi connectivity index (χ2n) is 5.22. The van der Waals surface area contributed by atoms with Gasteiger partial charge in [-0.25, -0.2) is 9.55 Å². The third kappa shape index (κ3) is 3.07. The first-order valence-electron chi connectivity index (χ1n) is 7.01. The summed E-state index contributed by atoms with van der Waals surface area (Å²) in [6.07, 6.45) is 5.24. The molecule has 3 aromatic heterocycles. The van der Waals surface area contributed by atoms with Gasteiger partial charge in [-0.05, 0) is 0 Å². The summed E-state index contributed by atoms with van der Waals surface area (Å²) in [6.45, 7) is 0.421. The van der Waals surface area contributed by atoms with Crippen molar-refractivity contribution in [3.63, 3.8) is 0 Å². The van der Waals surface area contributed by atoms with E-state index in [0.717, 1.165) is 5.56 Å². The van der Waals surface area contributed by atoms with Crippen LogP contribution in [0.5, 0.6) is 0 Å². The molecule has 0 aromatic carbocycles. The molecule has 0 fully saturated rings. The van der Waals surface area contributed by atoms with Crippen molar-refractivity contribution in [2.45, 2.75) is 13.0 Å². The third-order valence-corrected chi connectivity index (χ3v) is 3.30. The number of anilines is 1. The van der Waals surface area contributed by atoms with E-state index < -0.39 is 5.97 Å². The Bertz CT molecular complexity index is 842. The lowest BCUT2D eigenvalue weighted by Crippen LogP contribution is -2.33. The smallest absolute Gasteiger partial charge is 0.309 e. The SMILES string of the molecule is CN(C)c1nc(-c2cc[n+](CCC(=O)O)cc2)nn2cnnc12. The predicted octanol–water partition coefficient (Wildman–Crippen LogP) is 0.0145. The Morgan fingerprint density at radius 3 is 2.74 bits per heavy atom. The zero-order valence-corrected chi connectivity index (χ0v) is 12.8. The maximum atomic E-state index is 10.6. The lowest BCUT2D eigenvalue weighted by Gasteiger charge is -2.12. The minimum absolute atomic E-state index is 0.0813. The molecule has 3 rings (SSSR count). The molecule has 0 unspecified atom stereocenters. The highest BCUT2D eigenvalue weighted by Crippen LogP contribution is 2.19. The van der Waals surface area contributed by atoms with Gasteiger partial charge >= 0.3 is 5.97 Å². The number of carboxylic acids is 1. The van der Waals surface area contributed by atoms with E-state index in [1.807, 2.05) is 48.1 Å². The number of rotatable bonds is 5. The number of hydrogen-bond acceptors (Lipinski definition) is 6. The second-order valence-corrected chi connectivity index (χ2v) is 5.22.